The highest BCUT2D eigenvalue weighted by Crippen LogP contribution is 2.30. The molecule has 0 fully saturated rings. The molecule has 1 aromatic carbocycles. The summed E-state index contributed by atoms with van der Waals surface area (Å²) < 4.78 is 14.6. The Morgan fingerprint density at radius 2 is 2.12 bits per heavy atom. The average Bonchev–Trinajstić information content (AvgIpc) is 3.48. The van der Waals surface area contributed by atoms with Crippen LogP contribution in [0.5, 0.6) is 0 Å². The number of hydrogen-bond donors (Lipinski definition) is 3. The summed E-state index contributed by atoms with van der Waals surface area (Å²) in [4.78, 5) is 26.1. The van der Waals surface area contributed by atoms with Gasteiger partial charge in [0, 0.05) is 61.3 Å². The zero-order valence-corrected chi connectivity index (χ0v) is 18.1. The van der Waals surface area contributed by atoms with E-state index in [4.69, 9.17) is 0 Å². The van der Waals surface area contributed by atoms with Crippen molar-refractivity contribution in [2.24, 2.45) is 0 Å². The molecule has 0 spiro atoms. The number of anilines is 2. The van der Waals surface area contributed by atoms with Gasteiger partial charge in [-0.15, -0.1) is 0 Å². The molecule has 0 radical (unpaired) electrons. The van der Waals surface area contributed by atoms with Gasteiger partial charge in [-0.2, -0.15) is 5.10 Å². The second-order valence-electron chi connectivity index (χ2n) is 8.09. The smallest absolute Gasteiger partial charge is 0.269 e. The Labute approximate surface area is 189 Å². The van der Waals surface area contributed by atoms with Crippen LogP contribution in [0, 0.1) is 5.82 Å². The number of carbonyl (C=O) groups is 1. The van der Waals surface area contributed by atoms with Crippen molar-refractivity contribution in [1.82, 2.24) is 30.0 Å². The highest BCUT2D eigenvalue weighted by molar-refractivity contribution is 5.93. The summed E-state index contributed by atoms with van der Waals surface area (Å²) in [5.41, 5.74) is 4.28. The van der Waals surface area contributed by atoms with E-state index in [0.29, 0.717) is 40.6 Å². The van der Waals surface area contributed by atoms with Crippen molar-refractivity contribution in [3.63, 3.8) is 0 Å². The van der Waals surface area contributed by atoms with Crippen molar-refractivity contribution >= 4 is 23.5 Å². The lowest BCUT2D eigenvalue weighted by Gasteiger charge is -2.16. The first kappa shape index (κ1) is 20.6. The fourth-order valence-electron chi connectivity index (χ4n) is 3.87. The van der Waals surface area contributed by atoms with Crippen LogP contribution in [-0.2, 0) is 6.42 Å². The van der Waals surface area contributed by atoms with E-state index >= 15 is 0 Å². The number of hydrogen-bond acceptors (Lipinski definition) is 5. The van der Waals surface area contributed by atoms with Crippen LogP contribution in [0.2, 0.25) is 0 Å². The van der Waals surface area contributed by atoms with Gasteiger partial charge >= 0.3 is 0 Å². The van der Waals surface area contributed by atoms with Gasteiger partial charge in [-0.05, 0) is 35.9 Å². The van der Waals surface area contributed by atoms with Gasteiger partial charge in [-0.3, -0.25) is 9.89 Å². The van der Waals surface area contributed by atoms with Gasteiger partial charge in [-0.1, -0.05) is 12.2 Å². The molecule has 1 aliphatic carbocycles. The minimum absolute atomic E-state index is 0.0413. The molecule has 9 heteroatoms. The first-order valence-electron chi connectivity index (χ1n) is 10.5. The first-order chi connectivity index (χ1) is 16.0. The Morgan fingerprint density at radius 3 is 2.88 bits per heavy atom. The minimum atomic E-state index is -0.353. The molecule has 0 aliphatic heterocycles. The summed E-state index contributed by atoms with van der Waals surface area (Å²) in [5, 5.41) is 9.70. The van der Waals surface area contributed by atoms with E-state index in [0.717, 1.165) is 11.3 Å². The molecular formula is C24H22FN7O. The number of H-pyrrole nitrogens is 2. The molecule has 0 bridgehead atoms. The van der Waals surface area contributed by atoms with Gasteiger partial charge < -0.3 is 15.2 Å². The SMILES string of the molecule is CN(C)C(=O)c1cc2c([nH]1)CC(c1nccc(Nc3ccc(-c4cn[nH]c4)c(F)c3)n1)C=C2. The number of aromatic amines is 2. The van der Waals surface area contributed by atoms with Crippen LogP contribution >= 0.6 is 0 Å². The van der Waals surface area contributed by atoms with Crippen LogP contribution in [-0.4, -0.2) is 50.1 Å². The molecule has 1 atom stereocenters. The van der Waals surface area contributed by atoms with Crippen LogP contribution in [0.25, 0.3) is 17.2 Å². The lowest BCUT2D eigenvalue weighted by molar-refractivity contribution is 0.0822. The second-order valence-corrected chi connectivity index (χ2v) is 8.09. The second kappa shape index (κ2) is 8.34. The van der Waals surface area contributed by atoms with Crippen LogP contribution in [0.1, 0.15) is 33.5 Å². The van der Waals surface area contributed by atoms with Gasteiger partial charge in [0.2, 0.25) is 0 Å². The normalized spacial score (nSPS) is 14.7. The van der Waals surface area contributed by atoms with Gasteiger partial charge in [0.1, 0.15) is 23.2 Å². The standard InChI is InChI=1S/C24H22FN7O/c1-32(2)24(33)21-9-14-3-4-15(10-20(14)30-21)23-26-8-7-22(31-23)29-17-5-6-18(19(25)11-17)16-12-27-28-13-16/h3-9,11-13,15,30H,10H2,1-2H3,(H,27,28)(H,26,29,31). The third-order valence-electron chi connectivity index (χ3n) is 5.56. The molecular weight excluding hydrogens is 421 g/mol. The van der Waals surface area contributed by atoms with Crippen molar-refractivity contribution in [1.29, 1.82) is 0 Å². The first-order valence-corrected chi connectivity index (χ1v) is 10.5. The third-order valence-corrected chi connectivity index (χ3v) is 5.56. The molecule has 3 heterocycles. The van der Waals surface area contributed by atoms with E-state index in [1.807, 2.05) is 18.2 Å². The van der Waals surface area contributed by atoms with Crippen molar-refractivity contribution < 1.29 is 9.18 Å². The summed E-state index contributed by atoms with van der Waals surface area (Å²) in [6.07, 6.45) is 9.59. The van der Waals surface area contributed by atoms with Crippen molar-refractivity contribution in [2.45, 2.75) is 12.3 Å². The number of aromatic nitrogens is 5. The quantitative estimate of drug-likeness (QED) is 0.430. The molecule has 166 valence electrons. The van der Waals surface area contributed by atoms with E-state index < -0.39 is 0 Å². The van der Waals surface area contributed by atoms with Crippen molar-refractivity contribution in [3.05, 3.63) is 83.6 Å². The van der Waals surface area contributed by atoms with E-state index in [1.165, 1.54) is 6.07 Å². The Morgan fingerprint density at radius 1 is 1.24 bits per heavy atom. The molecule has 1 amide bonds. The Balaban J connectivity index is 1.33. The number of halogens is 1. The summed E-state index contributed by atoms with van der Waals surface area (Å²) in [6.45, 7) is 0. The highest BCUT2D eigenvalue weighted by Gasteiger charge is 2.22. The Hall–Kier alpha value is -4.27. The minimum Gasteiger partial charge on any atom is -0.354 e. The summed E-state index contributed by atoms with van der Waals surface area (Å²) >= 11 is 0. The maximum absolute atomic E-state index is 14.6. The zero-order valence-electron chi connectivity index (χ0n) is 18.1. The molecule has 4 aromatic rings. The molecule has 8 nitrogen and oxygen atoms in total. The number of benzene rings is 1. The number of carbonyl (C=O) groups excluding carboxylic acids is 1. The van der Waals surface area contributed by atoms with E-state index in [-0.39, 0.29) is 17.6 Å². The highest BCUT2D eigenvalue weighted by atomic mass is 19.1. The fraction of sp³-hybridized carbons (Fsp3) is 0.167. The maximum atomic E-state index is 14.6. The molecule has 5 rings (SSSR count). The lowest BCUT2D eigenvalue weighted by atomic mass is 9.94. The molecule has 33 heavy (non-hydrogen) atoms. The fourth-order valence-corrected chi connectivity index (χ4v) is 3.87. The topological polar surface area (TPSA) is 103 Å². The molecule has 3 N–H and O–H groups in total. The Kier molecular flexibility index (Phi) is 5.21. The number of nitrogens with zero attached hydrogens (tertiary/aromatic N) is 4. The molecule has 0 saturated heterocycles. The molecule has 1 unspecified atom stereocenters. The van der Waals surface area contributed by atoms with E-state index in [9.17, 15) is 9.18 Å². The summed E-state index contributed by atoms with van der Waals surface area (Å²) in [6, 6.07) is 8.53. The molecule has 1 aliphatic rings. The number of allylic oxidation sites excluding steroid dienone is 1. The number of rotatable bonds is 5. The summed E-state index contributed by atoms with van der Waals surface area (Å²) in [7, 11) is 3.45. The van der Waals surface area contributed by atoms with Gasteiger partial charge in [0.15, 0.2) is 0 Å². The monoisotopic (exact) mass is 443 g/mol. The van der Waals surface area contributed by atoms with E-state index in [2.05, 4.69) is 30.5 Å². The van der Waals surface area contributed by atoms with Crippen molar-refractivity contribution in [3.8, 4) is 11.1 Å². The van der Waals surface area contributed by atoms with Gasteiger partial charge in [0.05, 0.1) is 6.20 Å². The number of fused-ring (bicyclic) bond motifs is 1. The molecule has 0 saturated carbocycles. The van der Waals surface area contributed by atoms with Crippen LogP contribution in [0.15, 0.2) is 55.0 Å². The number of amides is 1. The maximum Gasteiger partial charge on any atom is 0.269 e. The van der Waals surface area contributed by atoms with Crippen LogP contribution < -0.4 is 5.32 Å². The number of nitrogens with one attached hydrogen (secondary N) is 3. The lowest BCUT2D eigenvalue weighted by Crippen LogP contribution is -2.22. The molecule has 3 aromatic heterocycles. The van der Waals surface area contributed by atoms with Crippen LogP contribution in [0.3, 0.4) is 0 Å². The van der Waals surface area contributed by atoms with Crippen LogP contribution in [0.4, 0.5) is 15.9 Å². The zero-order chi connectivity index (χ0) is 22.9. The Bertz CT molecular complexity index is 1340. The van der Waals surface area contributed by atoms with Gasteiger partial charge in [-0.25, -0.2) is 14.4 Å². The van der Waals surface area contributed by atoms with Gasteiger partial charge in [0.25, 0.3) is 5.91 Å². The predicted octanol–water partition coefficient (Wildman–Crippen LogP) is 4.13. The average molecular weight is 443 g/mol. The third kappa shape index (κ3) is 4.12. The summed E-state index contributed by atoms with van der Waals surface area (Å²) in [5.74, 6) is 0.758. The largest absolute Gasteiger partial charge is 0.354 e. The van der Waals surface area contributed by atoms with Crippen molar-refractivity contribution in [2.75, 3.05) is 19.4 Å². The predicted molar refractivity (Wildman–Crippen MR) is 124 cm³/mol. The van der Waals surface area contributed by atoms with E-state index in [1.54, 1.807) is 55.8 Å².